The van der Waals surface area contributed by atoms with Crippen molar-refractivity contribution < 1.29 is 19.4 Å². The molecule has 10 heteroatoms. The van der Waals surface area contributed by atoms with Gasteiger partial charge in [0.2, 0.25) is 0 Å². The number of nitro groups is 2. The van der Waals surface area contributed by atoms with Crippen molar-refractivity contribution in [2.75, 3.05) is 18.1 Å². The average molecular weight is 376 g/mol. The molecule has 0 radical (unpaired) electrons. The van der Waals surface area contributed by atoms with E-state index in [0.717, 1.165) is 5.56 Å². The van der Waals surface area contributed by atoms with Gasteiger partial charge in [0.1, 0.15) is 11.4 Å². The lowest BCUT2D eigenvalue weighted by Gasteiger charge is -2.03. The summed E-state index contributed by atoms with van der Waals surface area (Å²) in [6.45, 7) is 3.77. The van der Waals surface area contributed by atoms with E-state index in [1.54, 1.807) is 26.0 Å². The van der Waals surface area contributed by atoms with Crippen LogP contribution in [0.15, 0.2) is 36.4 Å². The SMILES string of the molecule is CCOC(=O)Cc1ccc(N)c([N+](=O)[O-])c1.Cc1ccc(N)c([N+](=O)[O-])c1. The van der Waals surface area contributed by atoms with Crippen molar-refractivity contribution in [3.8, 4) is 0 Å². The molecule has 0 unspecified atom stereocenters. The Kier molecular flexibility index (Phi) is 7.68. The van der Waals surface area contributed by atoms with Gasteiger partial charge in [0.15, 0.2) is 0 Å². The molecule has 0 aliphatic carbocycles. The predicted molar refractivity (Wildman–Crippen MR) is 100 cm³/mol. The van der Waals surface area contributed by atoms with Crippen LogP contribution in [0.25, 0.3) is 0 Å². The van der Waals surface area contributed by atoms with Crippen LogP contribution >= 0.6 is 0 Å². The second-order valence-electron chi connectivity index (χ2n) is 5.45. The van der Waals surface area contributed by atoms with Gasteiger partial charge in [-0.3, -0.25) is 25.0 Å². The van der Waals surface area contributed by atoms with Crippen LogP contribution in [-0.2, 0) is 16.0 Å². The number of nitrogens with two attached hydrogens (primary N) is 2. The lowest BCUT2D eigenvalue weighted by Crippen LogP contribution is -2.08. The molecule has 0 bridgehead atoms. The molecule has 0 aromatic heterocycles. The summed E-state index contributed by atoms with van der Waals surface area (Å²) in [5, 5.41) is 20.9. The monoisotopic (exact) mass is 376 g/mol. The van der Waals surface area contributed by atoms with Gasteiger partial charge in [0.25, 0.3) is 11.4 Å². The Bertz CT molecular complexity index is 853. The molecule has 0 aliphatic rings. The van der Waals surface area contributed by atoms with Crippen molar-refractivity contribution in [1.29, 1.82) is 0 Å². The highest BCUT2D eigenvalue weighted by Gasteiger charge is 2.13. The minimum atomic E-state index is -0.579. The highest BCUT2D eigenvalue weighted by molar-refractivity contribution is 5.73. The maximum Gasteiger partial charge on any atom is 0.310 e. The number of nitrogen functional groups attached to an aromatic ring is 2. The highest BCUT2D eigenvalue weighted by atomic mass is 16.6. The normalized spacial score (nSPS) is 9.70. The summed E-state index contributed by atoms with van der Waals surface area (Å²) in [4.78, 5) is 31.0. The van der Waals surface area contributed by atoms with Crippen molar-refractivity contribution in [2.24, 2.45) is 0 Å². The first-order valence-electron chi connectivity index (χ1n) is 7.84. The summed E-state index contributed by atoms with van der Waals surface area (Å²) in [5.74, 6) is -0.415. The lowest BCUT2D eigenvalue weighted by atomic mass is 10.1. The van der Waals surface area contributed by atoms with Crippen LogP contribution in [0.5, 0.6) is 0 Å². The number of nitrogens with zero attached hydrogens (tertiary/aromatic N) is 2. The molecule has 0 amide bonds. The third-order valence-corrected chi connectivity index (χ3v) is 3.33. The molecule has 0 aliphatic heterocycles. The van der Waals surface area contributed by atoms with Crippen LogP contribution in [-0.4, -0.2) is 22.4 Å². The van der Waals surface area contributed by atoms with E-state index < -0.39 is 15.8 Å². The average Bonchev–Trinajstić information content (AvgIpc) is 2.59. The second kappa shape index (κ2) is 9.70. The van der Waals surface area contributed by atoms with E-state index in [1.807, 2.05) is 0 Å². The molecule has 4 N–H and O–H groups in total. The Hall–Kier alpha value is -3.69. The Labute approximate surface area is 155 Å². The standard InChI is InChI=1S/C10H12N2O4.C7H8N2O2/c1-2-16-10(13)6-7-3-4-8(11)9(5-7)12(14)15;1-5-2-3-6(8)7(4-5)9(10)11/h3-5H,2,6,11H2,1H3;2-4H,8H2,1H3. The summed E-state index contributed by atoms with van der Waals surface area (Å²) >= 11 is 0. The van der Waals surface area contributed by atoms with Gasteiger partial charge in [-0.15, -0.1) is 0 Å². The van der Waals surface area contributed by atoms with Gasteiger partial charge < -0.3 is 16.2 Å². The summed E-state index contributed by atoms with van der Waals surface area (Å²) in [5.41, 5.74) is 12.2. The van der Waals surface area contributed by atoms with Gasteiger partial charge in [-0.1, -0.05) is 12.1 Å². The fourth-order valence-electron chi connectivity index (χ4n) is 2.05. The molecule has 0 saturated heterocycles. The second-order valence-corrected chi connectivity index (χ2v) is 5.45. The van der Waals surface area contributed by atoms with E-state index in [-0.39, 0.29) is 35.8 Å². The topological polar surface area (TPSA) is 165 Å². The fraction of sp³-hybridized carbons (Fsp3) is 0.235. The van der Waals surface area contributed by atoms with Crippen LogP contribution < -0.4 is 11.5 Å². The van der Waals surface area contributed by atoms with Crippen molar-refractivity contribution in [3.63, 3.8) is 0 Å². The minimum absolute atomic E-state index is 0.00889. The van der Waals surface area contributed by atoms with Crippen LogP contribution in [0, 0.1) is 27.2 Å². The molecule has 144 valence electrons. The zero-order valence-electron chi connectivity index (χ0n) is 14.9. The number of anilines is 2. The van der Waals surface area contributed by atoms with E-state index >= 15 is 0 Å². The summed E-state index contributed by atoms with van der Waals surface area (Å²) < 4.78 is 4.74. The molecule has 27 heavy (non-hydrogen) atoms. The summed E-state index contributed by atoms with van der Waals surface area (Å²) in [6.07, 6.45) is 0.00889. The van der Waals surface area contributed by atoms with Gasteiger partial charge >= 0.3 is 5.97 Å². The zero-order chi connectivity index (χ0) is 20.6. The van der Waals surface area contributed by atoms with Crippen LogP contribution in [0.2, 0.25) is 0 Å². The third-order valence-electron chi connectivity index (χ3n) is 3.33. The Morgan fingerprint density at radius 1 is 1.00 bits per heavy atom. The Balaban J connectivity index is 0.000000289. The minimum Gasteiger partial charge on any atom is -0.466 e. The van der Waals surface area contributed by atoms with Gasteiger partial charge in [-0.05, 0) is 37.1 Å². The number of nitro benzene ring substituents is 2. The highest BCUT2D eigenvalue weighted by Crippen LogP contribution is 2.23. The first kappa shape index (κ1) is 21.4. The number of hydrogen-bond acceptors (Lipinski definition) is 8. The molecule has 10 nitrogen and oxygen atoms in total. The molecule has 0 saturated carbocycles. The molecule has 2 aromatic carbocycles. The number of benzene rings is 2. The molecule has 0 atom stereocenters. The van der Waals surface area contributed by atoms with Crippen molar-refractivity contribution in [3.05, 3.63) is 67.8 Å². The first-order chi connectivity index (χ1) is 12.6. The summed E-state index contributed by atoms with van der Waals surface area (Å²) in [6, 6.07) is 8.99. The molecule has 2 aromatic rings. The number of rotatable bonds is 5. The molecule has 0 fully saturated rings. The van der Waals surface area contributed by atoms with E-state index in [1.165, 1.54) is 24.3 Å². The molecule has 2 rings (SSSR count). The predicted octanol–water partition coefficient (Wildman–Crippen LogP) is 2.77. The van der Waals surface area contributed by atoms with E-state index in [2.05, 4.69) is 0 Å². The van der Waals surface area contributed by atoms with Crippen LogP contribution in [0.4, 0.5) is 22.7 Å². The molecular weight excluding hydrogens is 356 g/mol. The van der Waals surface area contributed by atoms with Gasteiger partial charge in [0, 0.05) is 12.1 Å². The Morgan fingerprint density at radius 3 is 2.00 bits per heavy atom. The first-order valence-corrected chi connectivity index (χ1v) is 7.84. The van der Waals surface area contributed by atoms with E-state index in [9.17, 15) is 25.0 Å². The van der Waals surface area contributed by atoms with Crippen molar-refractivity contribution in [2.45, 2.75) is 20.3 Å². The number of carbonyl (C=O) groups is 1. The van der Waals surface area contributed by atoms with Gasteiger partial charge in [-0.25, -0.2) is 0 Å². The third kappa shape index (κ3) is 6.61. The fourth-order valence-corrected chi connectivity index (χ4v) is 2.05. The molecular formula is C17H20N4O6. The molecule has 0 heterocycles. The van der Waals surface area contributed by atoms with E-state index in [4.69, 9.17) is 16.2 Å². The number of hydrogen-bond donors (Lipinski definition) is 2. The van der Waals surface area contributed by atoms with E-state index in [0.29, 0.717) is 5.56 Å². The lowest BCUT2D eigenvalue weighted by molar-refractivity contribution is -0.384. The number of esters is 1. The molecule has 0 spiro atoms. The summed E-state index contributed by atoms with van der Waals surface area (Å²) in [7, 11) is 0. The van der Waals surface area contributed by atoms with Crippen molar-refractivity contribution in [1.82, 2.24) is 0 Å². The van der Waals surface area contributed by atoms with Crippen LogP contribution in [0.3, 0.4) is 0 Å². The maximum absolute atomic E-state index is 11.2. The van der Waals surface area contributed by atoms with Gasteiger partial charge in [0.05, 0.1) is 22.9 Å². The van der Waals surface area contributed by atoms with Crippen LogP contribution in [0.1, 0.15) is 18.1 Å². The zero-order valence-corrected chi connectivity index (χ0v) is 14.9. The van der Waals surface area contributed by atoms with Gasteiger partial charge in [-0.2, -0.15) is 0 Å². The largest absolute Gasteiger partial charge is 0.466 e. The maximum atomic E-state index is 11.2. The quantitative estimate of drug-likeness (QED) is 0.348. The number of carbonyl (C=O) groups excluding carboxylic acids is 1. The Morgan fingerprint density at radius 2 is 1.52 bits per heavy atom. The smallest absolute Gasteiger partial charge is 0.310 e. The van der Waals surface area contributed by atoms with Crippen molar-refractivity contribution >= 4 is 28.7 Å². The number of aryl methyl sites for hydroxylation is 1. The number of ether oxygens (including phenoxy) is 1.